The number of sulfonamides is 2. The van der Waals surface area contributed by atoms with Crippen LogP contribution in [0.2, 0.25) is 0 Å². The lowest BCUT2D eigenvalue weighted by atomic mass is 10.2. The van der Waals surface area contributed by atoms with E-state index >= 15 is 0 Å². The molecule has 166 valence electrons. The Kier molecular flexibility index (Phi) is 8.57. The van der Waals surface area contributed by atoms with Crippen molar-refractivity contribution in [2.24, 2.45) is 0 Å². The van der Waals surface area contributed by atoms with Gasteiger partial charge in [0, 0.05) is 26.2 Å². The molecule has 7 nitrogen and oxygen atoms in total. The lowest BCUT2D eigenvalue weighted by molar-refractivity contribution is 0.246. The van der Waals surface area contributed by atoms with Crippen LogP contribution in [0.4, 0.5) is 0 Å². The fourth-order valence-electron chi connectivity index (χ4n) is 3.01. The number of nitrogens with zero attached hydrogens (tertiary/aromatic N) is 2. The van der Waals surface area contributed by atoms with Gasteiger partial charge in [0.1, 0.15) is 0 Å². The SMILES string of the molecule is CCCN(CCN(CCO)S(=O)(=O)c1ccc(C)cc1)S(=O)(=O)c1ccc(C)cc1. The Hall–Kier alpha value is -1.78. The van der Waals surface area contributed by atoms with E-state index in [0.717, 1.165) is 15.4 Å². The van der Waals surface area contributed by atoms with Crippen LogP contribution in [-0.4, -0.2) is 63.3 Å². The van der Waals surface area contributed by atoms with Gasteiger partial charge in [-0.3, -0.25) is 0 Å². The Morgan fingerprint density at radius 3 is 1.37 bits per heavy atom. The fourth-order valence-corrected chi connectivity index (χ4v) is 5.95. The highest BCUT2D eigenvalue weighted by atomic mass is 32.2. The van der Waals surface area contributed by atoms with Crippen LogP contribution in [0.3, 0.4) is 0 Å². The molecule has 0 unspecified atom stereocenters. The molecule has 0 saturated heterocycles. The average molecular weight is 455 g/mol. The molecule has 0 heterocycles. The lowest BCUT2D eigenvalue weighted by Crippen LogP contribution is -2.42. The molecule has 0 aliphatic heterocycles. The summed E-state index contributed by atoms with van der Waals surface area (Å²) in [4.78, 5) is 0.293. The van der Waals surface area contributed by atoms with E-state index in [4.69, 9.17) is 0 Å². The Bertz CT molecular complexity index is 933. The van der Waals surface area contributed by atoms with Crippen LogP contribution in [0.1, 0.15) is 24.5 Å². The average Bonchev–Trinajstić information content (AvgIpc) is 2.70. The molecule has 0 aliphatic rings. The van der Waals surface area contributed by atoms with E-state index in [1.54, 1.807) is 36.4 Å². The molecule has 0 aromatic heterocycles. The topological polar surface area (TPSA) is 95.0 Å². The highest BCUT2D eigenvalue weighted by Crippen LogP contribution is 2.19. The summed E-state index contributed by atoms with van der Waals surface area (Å²) in [6, 6.07) is 13.0. The molecule has 9 heteroatoms. The molecular formula is C21H30N2O5S2. The maximum atomic E-state index is 13.1. The minimum atomic E-state index is -3.85. The first-order valence-corrected chi connectivity index (χ1v) is 12.8. The van der Waals surface area contributed by atoms with Crippen molar-refractivity contribution in [2.75, 3.05) is 32.8 Å². The summed E-state index contributed by atoms with van der Waals surface area (Å²) < 4.78 is 54.6. The predicted molar refractivity (Wildman–Crippen MR) is 117 cm³/mol. The van der Waals surface area contributed by atoms with E-state index in [9.17, 15) is 21.9 Å². The second kappa shape index (κ2) is 10.5. The van der Waals surface area contributed by atoms with E-state index in [0.29, 0.717) is 6.42 Å². The minimum Gasteiger partial charge on any atom is -0.395 e. The molecule has 0 fully saturated rings. The molecule has 0 spiro atoms. The zero-order valence-electron chi connectivity index (χ0n) is 17.7. The second-order valence-electron chi connectivity index (χ2n) is 7.16. The third kappa shape index (κ3) is 5.89. The van der Waals surface area contributed by atoms with Crippen molar-refractivity contribution >= 4 is 20.0 Å². The summed E-state index contributed by atoms with van der Waals surface area (Å²) in [7, 11) is -7.61. The number of hydrogen-bond acceptors (Lipinski definition) is 5. The molecule has 2 rings (SSSR count). The van der Waals surface area contributed by atoms with Crippen molar-refractivity contribution in [3.8, 4) is 0 Å². The van der Waals surface area contributed by atoms with Crippen molar-refractivity contribution in [3.63, 3.8) is 0 Å². The largest absolute Gasteiger partial charge is 0.395 e. The Morgan fingerprint density at radius 2 is 1.03 bits per heavy atom. The van der Waals surface area contributed by atoms with Crippen LogP contribution in [0.15, 0.2) is 58.3 Å². The highest BCUT2D eigenvalue weighted by molar-refractivity contribution is 7.89. The van der Waals surface area contributed by atoms with Crippen LogP contribution in [0.25, 0.3) is 0 Å². The zero-order valence-corrected chi connectivity index (χ0v) is 19.3. The summed E-state index contributed by atoms with van der Waals surface area (Å²) in [5, 5.41) is 9.39. The van der Waals surface area contributed by atoms with Gasteiger partial charge in [0.15, 0.2) is 0 Å². The smallest absolute Gasteiger partial charge is 0.243 e. The Labute approximate surface area is 180 Å². The third-order valence-corrected chi connectivity index (χ3v) is 8.56. The van der Waals surface area contributed by atoms with Gasteiger partial charge >= 0.3 is 0 Å². The standard InChI is InChI=1S/C21H30N2O5S2/c1-4-13-22(29(25,26)20-9-5-18(2)6-10-20)14-15-23(16-17-24)30(27,28)21-11-7-19(3)8-12-21/h5-12,24H,4,13-17H2,1-3H3. The Morgan fingerprint density at radius 1 is 0.667 bits per heavy atom. The van der Waals surface area contributed by atoms with Crippen molar-refractivity contribution < 1.29 is 21.9 Å². The molecule has 30 heavy (non-hydrogen) atoms. The van der Waals surface area contributed by atoms with Crippen molar-refractivity contribution in [1.82, 2.24) is 8.61 Å². The molecular weight excluding hydrogens is 424 g/mol. The number of rotatable bonds is 11. The van der Waals surface area contributed by atoms with Gasteiger partial charge in [0.05, 0.1) is 16.4 Å². The number of aryl methyl sites for hydroxylation is 2. The van der Waals surface area contributed by atoms with E-state index in [1.807, 2.05) is 20.8 Å². The zero-order chi connectivity index (χ0) is 22.4. The maximum Gasteiger partial charge on any atom is 0.243 e. The van der Waals surface area contributed by atoms with Gasteiger partial charge < -0.3 is 5.11 Å². The van der Waals surface area contributed by atoms with Gasteiger partial charge in [-0.25, -0.2) is 16.8 Å². The predicted octanol–water partition coefficient (Wildman–Crippen LogP) is 2.39. The second-order valence-corrected chi connectivity index (χ2v) is 11.0. The van der Waals surface area contributed by atoms with E-state index in [1.165, 1.54) is 16.4 Å². The van der Waals surface area contributed by atoms with Gasteiger partial charge in [0.25, 0.3) is 0 Å². The van der Waals surface area contributed by atoms with Crippen LogP contribution in [0.5, 0.6) is 0 Å². The summed E-state index contributed by atoms with van der Waals surface area (Å²) in [5.41, 5.74) is 1.88. The van der Waals surface area contributed by atoms with Crippen molar-refractivity contribution in [2.45, 2.75) is 37.0 Å². The van der Waals surface area contributed by atoms with Crippen LogP contribution < -0.4 is 0 Å². The van der Waals surface area contributed by atoms with Crippen LogP contribution in [-0.2, 0) is 20.0 Å². The van der Waals surface area contributed by atoms with Crippen molar-refractivity contribution in [1.29, 1.82) is 0 Å². The number of aliphatic hydroxyl groups excluding tert-OH is 1. The lowest BCUT2D eigenvalue weighted by Gasteiger charge is -2.26. The van der Waals surface area contributed by atoms with Crippen LogP contribution in [0, 0.1) is 13.8 Å². The summed E-state index contributed by atoms with van der Waals surface area (Å²) in [6.45, 7) is 5.35. The molecule has 0 radical (unpaired) electrons. The monoisotopic (exact) mass is 454 g/mol. The van der Waals surface area contributed by atoms with E-state index < -0.39 is 20.0 Å². The Balaban J connectivity index is 2.26. The van der Waals surface area contributed by atoms with Gasteiger partial charge in [-0.2, -0.15) is 8.61 Å². The summed E-state index contributed by atoms with van der Waals surface area (Å²) in [5.74, 6) is 0. The molecule has 0 atom stereocenters. The summed E-state index contributed by atoms with van der Waals surface area (Å²) in [6.07, 6.45) is 0.593. The third-order valence-electron chi connectivity index (χ3n) is 4.74. The maximum absolute atomic E-state index is 13.1. The molecule has 1 N–H and O–H groups in total. The first kappa shape index (κ1) is 24.5. The fraction of sp³-hybridized carbons (Fsp3) is 0.429. The summed E-state index contributed by atoms with van der Waals surface area (Å²) >= 11 is 0. The van der Waals surface area contributed by atoms with E-state index in [2.05, 4.69) is 0 Å². The molecule has 0 amide bonds. The molecule has 2 aromatic carbocycles. The molecule has 0 aliphatic carbocycles. The van der Waals surface area contributed by atoms with Gasteiger partial charge in [-0.1, -0.05) is 42.3 Å². The van der Waals surface area contributed by atoms with E-state index in [-0.39, 0.29) is 42.6 Å². The van der Waals surface area contributed by atoms with Gasteiger partial charge in [0.2, 0.25) is 20.0 Å². The first-order chi connectivity index (χ1) is 14.1. The quantitative estimate of drug-likeness (QED) is 0.563. The number of aliphatic hydroxyl groups is 1. The normalized spacial score (nSPS) is 12.6. The first-order valence-electron chi connectivity index (χ1n) is 9.87. The van der Waals surface area contributed by atoms with Crippen molar-refractivity contribution in [3.05, 3.63) is 59.7 Å². The molecule has 0 bridgehead atoms. The molecule has 2 aromatic rings. The minimum absolute atomic E-state index is 0.00482. The van der Waals surface area contributed by atoms with Gasteiger partial charge in [-0.15, -0.1) is 0 Å². The molecule has 0 saturated carbocycles. The number of hydrogen-bond donors (Lipinski definition) is 1. The number of benzene rings is 2. The van der Waals surface area contributed by atoms with Crippen LogP contribution >= 0.6 is 0 Å². The van der Waals surface area contributed by atoms with Gasteiger partial charge in [-0.05, 0) is 44.5 Å². The highest BCUT2D eigenvalue weighted by Gasteiger charge is 2.28.